The fourth-order valence-corrected chi connectivity index (χ4v) is 2.34. The number of rotatable bonds is 6. The number of hydrogen-bond donors (Lipinski definition) is 1. The van der Waals surface area contributed by atoms with E-state index in [1.807, 2.05) is 0 Å². The van der Waals surface area contributed by atoms with Crippen LogP contribution in [0.3, 0.4) is 0 Å². The highest BCUT2D eigenvalue weighted by atomic mass is 32.2. The Morgan fingerprint density at radius 1 is 1.29 bits per heavy atom. The summed E-state index contributed by atoms with van der Waals surface area (Å²) in [6, 6.07) is 5.84. The van der Waals surface area contributed by atoms with Gasteiger partial charge in [0.25, 0.3) is 5.91 Å². The van der Waals surface area contributed by atoms with Gasteiger partial charge in [0.1, 0.15) is 0 Å². The summed E-state index contributed by atoms with van der Waals surface area (Å²) in [5.74, 6) is -1.01. The Morgan fingerprint density at radius 2 is 1.95 bits per heavy atom. The molecule has 0 saturated carbocycles. The fourth-order valence-electron chi connectivity index (χ4n) is 1.39. The number of nitrogens with one attached hydrogen (secondary N) is 1. The van der Waals surface area contributed by atoms with Gasteiger partial charge in [0.2, 0.25) is 10.0 Å². The first-order valence-corrected chi connectivity index (χ1v) is 7.69. The molecule has 0 atom stereocenters. The van der Waals surface area contributed by atoms with Gasteiger partial charge in [-0.05, 0) is 18.2 Å². The van der Waals surface area contributed by atoms with Crippen molar-refractivity contribution in [2.24, 2.45) is 0 Å². The molecular weight excluding hydrogens is 296 g/mol. The number of sulfonamides is 1. The van der Waals surface area contributed by atoms with Crippen molar-refractivity contribution in [1.82, 2.24) is 4.31 Å². The molecular formula is C13H18N2O5S. The highest BCUT2D eigenvalue weighted by Crippen LogP contribution is 2.17. The fraction of sp³-hybridized carbons (Fsp3) is 0.385. The standard InChI is InChI=1S/C13H18N2O5S/c1-4-13(17)20-9-12(16)14-10-6-5-7-11(8-10)21(18,19)15(2)3/h5-8H,4,9H2,1-3H3,(H,14,16). The van der Waals surface area contributed by atoms with Crippen LogP contribution in [0.15, 0.2) is 29.2 Å². The minimum atomic E-state index is -3.57. The Labute approximate surface area is 123 Å². The van der Waals surface area contributed by atoms with Crippen molar-refractivity contribution in [3.05, 3.63) is 24.3 Å². The summed E-state index contributed by atoms with van der Waals surface area (Å²) in [5, 5.41) is 2.47. The average molecular weight is 314 g/mol. The molecule has 8 heteroatoms. The number of carbonyl (C=O) groups excluding carboxylic acids is 2. The van der Waals surface area contributed by atoms with E-state index < -0.39 is 28.5 Å². The molecule has 7 nitrogen and oxygen atoms in total. The highest BCUT2D eigenvalue weighted by molar-refractivity contribution is 7.89. The van der Waals surface area contributed by atoms with Gasteiger partial charge in [0.05, 0.1) is 4.90 Å². The number of hydrogen-bond acceptors (Lipinski definition) is 5. The second-order valence-corrected chi connectivity index (χ2v) is 6.53. The lowest BCUT2D eigenvalue weighted by atomic mass is 10.3. The number of esters is 1. The second kappa shape index (κ2) is 7.19. The third kappa shape index (κ3) is 4.83. The summed E-state index contributed by atoms with van der Waals surface area (Å²) in [6.07, 6.45) is 0.184. The van der Waals surface area contributed by atoms with Gasteiger partial charge in [-0.3, -0.25) is 9.59 Å². The Hall–Kier alpha value is -1.93. The molecule has 0 unspecified atom stereocenters. The van der Waals surface area contributed by atoms with Crippen molar-refractivity contribution in [2.75, 3.05) is 26.0 Å². The first-order chi connectivity index (χ1) is 9.77. The van der Waals surface area contributed by atoms with Crippen molar-refractivity contribution in [2.45, 2.75) is 18.2 Å². The van der Waals surface area contributed by atoms with Crippen LogP contribution >= 0.6 is 0 Å². The van der Waals surface area contributed by atoms with Crippen molar-refractivity contribution in [3.8, 4) is 0 Å². The zero-order valence-corrected chi connectivity index (χ0v) is 12.9. The minimum Gasteiger partial charge on any atom is -0.456 e. The molecule has 0 aliphatic rings. The lowest BCUT2D eigenvalue weighted by molar-refractivity contribution is -0.146. The maximum absolute atomic E-state index is 12.0. The van der Waals surface area contributed by atoms with Gasteiger partial charge in [-0.2, -0.15) is 0 Å². The van der Waals surface area contributed by atoms with Crippen LogP contribution in [-0.4, -0.2) is 45.3 Å². The molecule has 116 valence electrons. The Morgan fingerprint density at radius 3 is 2.52 bits per heavy atom. The SMILES string of the molecule is CCC(=O)OCC(=O)Nc1cccc(S(=O)(=O)N(C)C)c1. The molecule has 0 aliphatic carbocycles. The summed E-state index contributed by atoms with van der Waals surface area (Å²) in [5.41, 5.74) is 0.315. The molecule has 0 saturated heterocycles. The van der Waals surface area contributed by atoms with Crippen molar-refractivity contribution in [1.29, 1.82) is 0 Å². The van der Waals surface area contributed by atoms with Crippen LogP contribution in [0.5, 0.6) is 0 Å². The Kier molecular flexibility index (Phi) is 5.86. The topological polar surface area (TPSA) is 92.8 Å². The summed E-state index contributed by atoms with van der Waals surface area (Å²) >= 11 is 0. The van der Waals surface area contributed by atoms with E-state index in [-0.39, 0.29) is 11.3 Å². The minimum absolute atomic E-state index is 0.0656. The number of benzene rings is 1. The molecule has 0 aromatic heterocycles. The first-order valence-electron chi connectivity index (χ1n) is 6.25. The number of carbonyl (C=O) groups is 2. The Balaban J connectivity index is 2.78. The maximum atomic E-state index is 12.0. The third-order valence-electron chi connectivity index (χ3n) is 2.55. The van der Waals surface area contributed by atoms with Gasteiger partial charge in [-0.25, -0.2) is 12.7 Å². The summed E-state index contributed by atoms with van der Waals surface area (Å²) in [7, 11) is -0.725. The van der Waals surface area contributed by atoms with E-state index in [1.54, 1.807) is 13.0 Å². The molecule has 0 heterocycles. The van der Waals surface area contributed by atoms with E-state index in [4.69, 9.17) is 0 Å². The van der Waals surface area contributed by atoms with Crippen LogP contribution in [0.25, 0.3) is 0 Å². The molecule has 0 radical (unpaired) electrons. The van der Waals surface area contributed by atoms with Crippen LogP contribution in [0.4, 0.5) is 5.69 Å². The van der Waals surface area contributed by atoms with E-state index in [9.17, 15) is 18.0 Å². The molecule has 1 aromatic rings. The summed E-state index contributed by atoms with van der Waals surface area (Å²) < 4.78 is 29.7. The monoisotopic (exact) mass is 314 g/mol. The maximum Gasteiger partial charge on any atom is 0.306 e. The van der Waals surface area contributed by atoms with Crippen LogP contribution in [0.2, 0.25) is 0 Å². The molecule has 1 amide bonds. The number of amides is 1. The predicted molar refractivity (Wildman–Crippen MR) is 77.2 cm³/mol. The summed E-state index contributed by atoms with van der Waals surface area (Å²) in [4.78, 5) is 22.6. The molecule has 21 heavy (non-hydrogen) atoms. The van der Waals surface area contributed by atoms with Gasteiger partial charge in [0.15, 0.2) is 6.61 Å². The molecule has 1 rings (SSSR count). The van der Waals surface area contributed by atoms with Crippen LogP contribution in [-0.2, 0) is 24.3 Å². The van der Waals surface area contributed by atoms with Gasteiger partial charge in [0, 0.05) is 26.2 Å². The third-order valence-corrected chi connectivity index (χ3v) is 4.36. The normalized spacial score (nSPS) is 11.2. The zero-order chi connectivity index (χ0) is 16.0. The number of anilines is 1. The summed E-state index contributed by atoms with van der Waals surface area (Å²) in [6.45, 7) is 1.22. The van der Waals surface area contributed by atoms with E-state index >= 15 is 0 Å². The molecule has 1 N–H and O–H groups in total. The van der Waals surface area contributed by atoms with Gasteiger partial charge in [-0.15, -0.1) is 0 Å². The largest absolute Gasteiger partial charge is 0.456 e. The molecule has 0 spiro atoms. The van der Waals surface area contributed by atoms with Crippen molar-refractivity contribution < 1.29 is 22.7 Å². The van der Waals surface area contributed by atoms with E-state index in [0.29, 0.717) is 5.69 Å². The van der Waals surface area contributed by atoms with Crippen LogP contribution < -0.4 is 5.32 Å². The van der Waals surface area contributed by atoms with Gasteiger partial charge >= 0.3 is 5.97 Å². The smallest absolute Gasteiger partial charge is 0.306 e. The van der Waals surface area contributed by atoms with E-state index in [2.05, 4.69) is 10.1 Å². The van der Waals surface area contributed by atoms with E-state index in [0.717, 1.165) is 4.31 Å². The zero-order valence-electron chi connectivity index (χ0n) is 12.1. The lowest BCUT2D eigenvalue weighted by Crippen LogP contribution is -2.23. The lowest BCUT2D eigenvalue weighted by Gasteiger charge is -2.12. The van der Waals surface area contributed by atoms with Crippen molar-refractivity contribution in [3.63, 3.8) is 0 Å². The molecule has 0 aliphatic heterocycles. The molecule has 0 fully saturated rings. The van der Waals surface area contributed by atoms with Crippen LogP contribution in [0.1, 0.15) is 13.3 Å². The molecule has 0 bridgehead atoms. The highest BCUT2D eigenvalue weighted by Gasteiger charge is 2.17. The predicted octanol–water partition coefficient (Wildman–Crippen LogP) is 0.829. The molecule has 1 aromatic carbocycles. The number of ether oxygens (including phenoxy) is 1. The van der Waals surface area contributed by atoms with Gasteiger partial charge < -0.3 is 10.1 Å². The van der Waals surface area contributed by atoms with Crippen LogP contribution in [0, 0.1) is 0 Å². The number of nitrogens with zero attached hydrogens (tertiary/aromatic N) is 1. The van der Waals surface area contributed by atoms with Crippen molar-refractivity contribution >= 4 is 27.6 Å². The van der Waals surface area contributed by atoms with Gasteiger partial charge in [-0.1, -0.05) is 13.0 Å². The quantitative estimate of drug-likeness (QED) is 0.785. The average Bonchev–Trinajstić information content (AvgIpc) is 2.44. The Bertz CT molecular complexity index is 625. The first kappa shape index (κ1) is 17.1. The van der Waals surface area contributed by atoms with E-state index in [1.165, 1.54) is 32.3 Å². The second-order valence-electron chi connectivity index (χ2n) is 4.38.